The molecule has 0 N–H and O–H groups in total. The van der Waals surface area contributed by atoms with Crippen molar-refractivity contribution >= 4 is 11.0 Å². The molecular formula is C12H12N2O2. The van der Waals surface area contributed by atoms with E-state index in [0.717, 1.165) is 11.0 Å². The Morgan fingerprint density at radius 1 is 1.56 bits per heavy atom. The van der Waals surface area contributed by atoms with E-state index in [-0.39, 0.29) is 5.56 Å². The number of hydrogen-bond acceptors (Lipinski definition) is 3. The standard InChI is InChI=1S/C12H12N2O2/c1-3-6-16-9-7-11-10(13-8-9)4-5-12(15)14(11)2/h3-5,7-8H,1,6H2,2H3. The van der Waals surface area contributed by atoms with Gasteiger partial charge >= 0.3 is 0 Å². The maximum absolute atomic E-state index is 11.4. The van der Waals surface area contributed by atoms with E-state index in [1.54, 1.807) is 36.0 Å². The van der Waals surface area contributed by atoms with Gasteiger partial charge in [0.2, 0.25) is 0 Å². The van der Waals surface area contributed by atoms with E-state index < -0.39 is 0 Å². The Morgan fingerprint density at radius 2 is 2.38 bits per heavy atom. The van der Waals surface area contributed by atoms with Gasteiger partial charge in [-0.2, -0.15) is 0 Å². The molecule has 0 radical (unpaired) electrons. The first-order valence-corrected chi connectivity index (χ1v) is 4.92. The minimum absolute atomic E-state index is 0.0600. The van der Waals surface area contributed by atoms with E-state index in [1.807, 2.05) is 0 Å². The molecule has 4 heteroatoms. The maximum atomic E-state index is 11.4. The third kappa shape index (κ3) is 1.82. The molecule has 2 heterocycles. The van der Waals surface area contributed by atoms with E-state index in [2.05, 4.69) is 11.6 Å². The van der Waals surface area contributed by atoms with Gasteiger partial charge in [0.05, 0.1) is 17.2 Å². The normalized spacial score (nSPS) is 10.3. The molecular weight excluding hydrogens is 204 g/mol. The highest BCUT2D eigenvalue weighted by atomic mass is 16.5. The summed E-state index contributed by atoms with van der Waals surface area (Å²) in [4.78, 5) is 15.7. The second kappa shape index (κ2) is 4.18. The molecule has 0 spiro atoms. The molecule has 0 unspecified atom stereocenters. The van der Waals surface area contributed by atoms with Crippen LogP contribution in [0.4, 0.5) is 0 Å². The second-order valence-electron chi connectivity index (χ2n) is 3.41. The van der Waals surface area contributed by atoms with Crippen molar-refractivity contribution in [2.75, 3.05) is 6.61 Å². The van der Waals surface area contributed by atoms with Crippen LogP contribution in [-0.4, -0.2) is 16.2 Å². The fourth-order valence-corrected chi connectivity index (χ4v) is 1.46. The number of aryl methyl sites for hydroxylation is 1. The Hall–Kier alpha value is -2.10. The zero-order valence-electron chi connectivity index (χ0n) is 9.01. The highest BCUT2D eigenvalue weighted by Gasteiger charge is 2.02. The summed E-state index contributed by atoms with van der Waals surface area (Å²) in [6.07, 6.45) is 3.30. The summed E-state index contributed by atoms with van der Waals surface area (Å²) >= 11 is 0. The highest BCUT2D eigenvalue weighted by Crippen LogP contribution is 2.16. The fourth-order valence-electron chi connectivity index (χ4n) is 1.46. The lowest BCUT2D eigenvalue weighted by Gasteiger charge is -2.06. The molecule has 0 saturated carbocycles. The van der Waals surface area contributed by atoms with E-state index >= 15 is 0 Å². The van der Waals surface area contributed by atoms with Gasteiger partial charge in [-0.25, -0.2) is 0 Å². The van der Waals surface area contributed by atoms with E-state index in [1.165, 1.54) is 6.07 Å². The van der Waals surface area contributed by atoms with E-state index in [0.29, 0.717) is 12.4 Å². The molecule has 0 aliphatic heterocycles. The number of hydrogen-bond donors (Lipinski definition) is 0. The van der Waals surface area contributed by atoms with Crippen molar-refractivity contribution in [1.29, 1.82) is 0 Å². The lowest BCUT2D eigenvalue weighted by atomic mass is 10.3. The molecule has 0 amide bonds. The molecule has 0 aliphatic rings. The van der Waals surface area contributed by atoms with Crippen molar-refractivity contribution in [3.63, 3.8) is 0 Å². The summed E-state index contributed by atoms with van der Waals surface area (Å²) < 4.78 is 6.91. The van der Waals surface area contributed by atoms with Gasteiger partial charge in [0.15, 0.2) is 0 Å². The number of ether oxygens (including phenoxy) is 1. The van der Waals surface area contributed by atoms with Crippen LogP contribution in [0.25, 0.3) is 11.0 Å². The van der Waals surface area contributed by atoms with Gasteiger partial charge < -0.3 is 9.30 Å². The van der Waals surface area contributed by atoms with Crippen LogP contribution >= 0.6 is 0 Å². The van der Waals surface area contributed by atoms with Crippen LogP contribution in [0.15, 0.2) is 41.8 Å². The van der Waals surface area contributed by atoms with Crippen molar-refractivity contribution in [2.24, 2.45) is 7.05 Å². The van der Waals surface area contributed by atoms with Gasteiger partial charge in [-0.05, 0) is 6.07 Å². The van der Waals surface area contributed by atoms with Gasteiger partial charge in [0.1, 0.15) is 12.4 Å². The van der Waals surface area contributed by atoms with Crippen LogP contribution in [0, 0.1) is 0 Å². The average Bonchev–Trinajstić information content (AvgIpc) is 2.31. The largest absolute Gasteiger partial charge is 0.488 e. The lowest BCUT2D eigenvalue weighted by molar-refractivity contribution is 0.362. The van der Waals surface area contributed by atoms with Crippen molar-refractivity contribution in [3.05, 3.63) is 47.4 Å². The van der Waals surface area contributed by atoms with Crippen LogP contribution in [0.5, 0.6) is 5.75 Å². The molecule has 82 valence electrons. The number of pyridine rings is 2. The molecule has 0 fully saturated rings. The van der Waals surface area contributed by atoms with Crippen molar-refractivity contribution in [2.45, 2.75) is 0 Å². The Balaban J connectivity index is 2.55. The Labute approximate surface area is 92.8 Å². The van der Waals surface area contributed by atoms with Crippen LogP contribution in [0.1, 0.15) is 0 Å². The monoisotopic (exact) mass is 216 g/mol. The number of fused-ring (bicyclic) bond motifs is 1. The van der Waals surface area contributed by atoms with Crippen LogP contribution < -0.4 is 10.3 Å². The minimum Gasteiger partial charge on any atom is -0.488 e. The predicted octanol–water partition coefficient (Wildman–Crippen LogP) is 1.50. The average molecular weight is 216 g/mol. The van der Waals surface area contributed by atoms with Crippen LogP contribution in [0.2, 0.25) is 0 Å². The number of rotatable bonds is 3. The number of nitrogens with zero attached hydrogens (tertiary/aromatic N) is 2. The molecule has 16 heavy (non-hydrogen) atoms. The third-order valence-electron chi connectivity index (χ3n) is 2.32. The molecule has 0 bridgehead atoms. The molecule has 0 aliphatic carbocycles. The summed E-state index contributed by atoms with van der Waals surface area (Å²) in [6.45, 7) is 3.99. The van der Waals surface area contributed by atoms with Gasteiger partial charge in [-0.3, -0.25) is 9.78 Å². The number of aromatic nitrogens is 2. The quantitative estimate of drug-likeness (QED) is 0.730. The highest BCUT2D eigenvalue weighted by molar-refractivity contribution is 5.75. The van der Waals surface area contributed by atoms with Gasteiger partial charge in [0.25, 0.3) is 5.56 Å². The van der Waals surface area contributed by atoms with Crippen molar-refractivity contribution in [3.8, 4) is 5.75 Å². The third-order valence-corrected chi connectivity index (χ3v) is 2.32. The first kappa shape index (κ1) is 10.4. The molecule has 2 aromatic rings. The SMILES string of the molecule is C=CCOc1cnc2ccc(=O)n(C)c2c1. The van der Waals surface area contributed by atoms with Crippen LogP contribution in [0.3, 0.4) is 0 Å². The first-order chi connectivity index (χ1) is 7.72. The Kier molecular flexibility index (Phi) is 2.72. The molecule has 2 rings (SSSR count). The maximum Gasteiger partial charge on any atom is 0.250 e. The topological polar surface area (TPSA) is 44.1 Å². The zero-order valence-corrected chi connectivity index (χ0v) is 9.01. The molecule has 2 aromatic heterocycles. The summed E-state index contributed by atoms with van der Waals surface area (Å²) in [5.74, 6) is 0.633. The minimum atomic E-state index is -0.0600. The Morgan fingerprint density at radius 3 is 3.12 bits per heavy atom. The Bertz CT molecular complexity index is 587. The summed E-state index contributed by atoms with van der Waals surface area (Å²) in [7, 11) is 1.71. The predicted molar refractivity (Wildman–Crippen MR) is 62.7 cm³/mol. The molecule has 4 nitrogen and oxygen atoms in total. The molecule has 0 aromatic carbocycles. The van der Waals surface area contributed by atoms with Crippen LogP contribution in [-0.2, 0) is 7.05 Å². The molecule has 0 atom stereocenters. The molecule has 0 saturated heterocycles. The van der Waals surface area contributed by atoms with E-state index in [9.17, 15) is 4.79 Å². The zero-order chi connectivity index (χ0) is 11.5. The smallest absolute Gasteiger partial charge is 0.250 e. The first-order valence-electron chi connectivity index (χ1n) is 4.92. The fraction of sp³-hybridized carbons (Fsp3) is 0.167. The second-order valence-corrected chi connectivity index (χ2v) is 3.41. The van der Waals surface area contributed by atoms with Gasteiger partial charge in [0, 0.05) is 19.2 Å². The van der Waals surface area contributed by atoms with Crippen molar-refractivity contribution in [1.82, 2.24) is 9.55 Å². The van der Waals surface area contributed by atoms with E-state index in [4.69, 9.17) is 4.74 Å². The van der Waals surface area contributed by atoms with Gasteiger partial charge in [-0.15, -0.1) is 0 Å². The van der Waals surface area contributed by atoms with Gasteiger partial charge in [-0.1, -0.05) is 12.7 Å². The summed E-state index contributed by atoms with van der Waals surface area (Å²) in [5.41, 5.74) is 1.47. The van der Waals surface area contributed by atoms with Crippen molar-refractivity contribution < 1.29 is 4.74 Å². The summed E-state index contributed by atoms with van der Waals surface area (Å²) in [6, 6.07) is 5.00. The lowest BCUT2D eigenvalue weighted by Crippen LogP contribution is -2.15. The summed E-state index contributed by atoms with van der Waals surface area (Å²) in [5, 5.41) is 0.